The molecule has 1 N–H and O–H groups in total. The molecule has 31 heavy (non-hydrogen) atoms. The zero-order chi connectivity index (χ0) is 22.1. The van der Waals surface area contributed by atoms with Gasteiger partial charge in [0.2, 0.25) is 5.91 Å². The highest BCUT2D eigenvalue weighted by molar-refractivity contribution is 6.00. The van der Waals surface area contributed by atoms with E-state index in [9.17, 15) is 9.59 Å². The van der Waals surface area contributed by atoms with Gasteiger partial charge in [-0.25, -0.2) is 4.79 Å². The molecule has 160 valence electrons. The van der Waals surface area contributed by atoms with Gasteiger partial charge in [0.25, 0.3) is 0 Å². The van der Waals surface area contributed by atoms with Gasteiger partial charge in [0, 0.05) is 53.2 Å². The highest BCUT2D eigenvalue weighted by Crippen LogP contribution is 2.34. The molecule has 0 spiro atoms. The second-order valence-corrected chi connectivity index (χ2v) is 7.95. The molecule has 0 unspecified atom stereocenters. The maximum absolute atomic E-state index is 12.7. The summed E-state index contributed by atoms with van der Waals surface area (Å²) in [6.45, 7) is 8.29. The van der Waals surface area contributed by atoms with Gasteiger partial charge in [-0.1, -0.05) is 6.07 Å². The summed E-state index contributed by atoms with van der Waals surface area (Å²) >= 11 is 0. The Bertz CT molecular complexity index is 1330. The molecule has 3 aromatic heterocycles. The van der Waals surface area contributed by atoms with Gasteiger partial charge in [0.05, 0.1) is 0 Å². The summed E-state index contributed by atoms with van der Waals surface area (Å²) < 4.78 is 11.6. The van der Waals surface area contributed by atoms with Crippen molar-refractivity contribution < 1.29 is 13.6 Å². The van der Waals surface area contributed by atoms with Gasteiger partial charge in [-0.2, -0.15) is 0 Å². The molecule has 1 aromatic carbocycles. The third-order valence-electron chi connectivity index (χ3n) is 5.98. The van der Waals surface area contributed by atoms with Crippen LogP contribution in [0.3, 0.4) is 0 Å². The van der Waals surface area contributed by atoms with Crippen molar-refractivity contribution in [1.29, 1.82) is 0 Å². The SMILES string of the molecule is Cc1oc2c(C)c3oc(=O)c(CCC(=O)NCCc4ccccn4)c(C)c3cc2c1C. The Kier molecular flexibility index (Phi) is 5.63. The maximum atomic E-state index is 12.7. The second-order valence-electron chi connectivity index (χ2n) is 7.95. The first-order valence-corrected chi connectivity index (χ1v) is 10.5. The minimum Gasteiger partial charge on any atom is -0.461 e. The lowest BCUT2D eigenvalue weighted by Crippen LogP contribution is -2.26. The van der Waals surface area contributed by atoms with Crippen molar-refractivity contribution in [2.45, 2.75) is 47.0 Å². The van der Waals surface area contributed by atoms with Crippen molar-refractivity contribution in [1.82, 2.24) is 10.3 Å². The summed E-state index contributed by atoms with van der Waals surface area (Å²) in [5.74, 6) is 0.763. The Morgan fingerprint density at radius 3 is 2.45 bits per heavy atom. The highest BCUT2D eigenvalue weighted by Gasteiger charge is 2.19. The van der Waals surface area contributed by atoms with Crippen LogP contribution in [0, 0.1) is 27.7 Å². The number of carbonyl (C=O) groups excluding carboxylic acids is 1. The zero-order valence-corrected chi connectivity index (χ0v) is 18.3. The normalized spacial score (nSPS) is 11.4. The van der Waals surface area contributed by atoms with E-state index in [0.29, 0.717) is 30.5 Å². The molecule has 0 aliphatic heterocycles. The third-order valence-corrected chi connectivity index (χ3v) is 5.98. The van der Waals surface area contributed by atoms with Crippen molar-refractivity contribution in [3.63, 3.8) is 0 Å². The standard InChI is InChI=1S/C25H26N2O4/c1-14-17(4)30-23-16(3)24-21(13-20(14)23)15(2)19(25(29)31-24)8-9-22(28)27-12-10-18-7-5-6-11-26-18/h5-7,11,13H,8-10,12H2,1-4H3,(H,27,28). The van der Waals surface area contributed by atoms with Crippen LogP contribution < -0.4 is 10.9 Å². The fourth-order valence-corrected chi connectivity index (χ4v) is 3.98. The fourth-order valence-electron chi connectivity index (χ4n) is 3.98. The lowest BCUT2D eigenvalue weighted by Gasteiger charge is -2.10. The van der Waals surface area contributed by atoms with E-state index in [-0.39, 0.29) is 12.3 Å². The molecule has 0 aliphatic carbocycles. The molecule has 4 rings (SSSR count). The summed E-state index contributed by atoms with van der Waals surface area (Å²) in [6.07, 6.45) is 2.97. The first-order chi connectivity index (χ1) is 14.9. The summed E-state index contributed by atoms with van der Waals surface area (Å²) in [5.41, 5.74) is 5.15. The van der Waals surface area contributed by atoms with Crippen molar-refractivity contribution in [3.8, 4) is 0 Å². The predicted molar refractivity (Wildman–Crippen MR) is 120 cm³/mol. The number of carbonyl (C=O) groups is 1. The Labute approximate surface area is 180 Å². The van der Waals surface area contributed by atoms with Crippen LogP contribution in [0.5, 0.6) is 0 Å². The van der Waals surface area contributed by atoms with E-state index < -0.39 is 5.63 Å². The third kappa shape index (κ3) is 3.98. The lowest BCUT2D eigenvalue weighted by atomic mass is 9.98. The Morgan fingerprint density at radius 2 is 1.71 bits per heavy atom. The summed E-state index contributed by atoms with van der Waals surface area (Å²) in [7, 11) is 0. The van der Waals surface area contributed by atoms with Gasteiger partial charge in [-0.3, -0.25) is 9.78 Å². The molecule has 6 heteroatoms. The smallest absolute Gasteiger partial charge is 0.339 e. The molecule has 0 aliphatic rings. The number of nitrogens with zero attached hydrogens (tertiary/aromatic N) is 1. The van der Waals surface area contributed by atoms with Crippen LogP contribution in [-0.2, 0) is 17.6 Å². The Balaban J connectivity index is 1.53. The summed E-state index contributed by atoms with van der Waals surface area (Å²) in [4.78, 5) is 29.2. The van der Waals surface area contributed by atoms with E-state index in [1.807, 2.05) is 52.0 Å². The molecule has 4 aromatic rings. The number of fused-ring (bicyclic) bond motifs is 2. The number of hydrogen-bond donors (Lipinski definition) is 1. The number of rotatable bonds is 6. The largest absolute Gasteiger partial charge is 0.461 e. The molecule has 0 radical (unpaired) electrons. The maximum Gasteiger partial charge on any atom is 0.339 e. The average molecular weight is 418 g/mol. The summed E-state index contributed by atoms with van der Waals surface area (Å²) in [5, 5.41) is 4.81. The first-order valence-electron chi connectivity index (χ1n) is 10.5. The predicted octanol–water partition coefficient (Wildman–Crippen LogP) is 4.46. The van der Waals surface area contributed by atoms with Gasteiger partial charge in [0.1, 0.15) is 16.9 Å². The molecule has 3 heterocycles. The van der Waals surface area contributed by atoms with Crippen molar-refractivity contribution in [2.24, 2.45) is 0 Å². The molecule has 6 nitrogen and oxygen atoms in total. The van der Waals surface area contributed by atoms with Gasteiger partial charge in [0.15, 0.2) is 0 Å². The number of pyridine rings is 1. The van der Waals surface area contributed by atoms with E-state index in [1.54, 1.807) is 6.20 Å². The van der Waals surface area contributed by atoms with E-state index in [0.717, 1.165) is 44.5 Å². The zero-order valence-electron chi connectivity index (χ0n) is 18.3. The molecule has 0 atom stereocenters. The highest BCUT2D eigenvalue weighted by atomic mass is 16.4. The van der Waals surface area contributed by atoms with Crippen LogP contribution in [0.1, 0.15) is 40.1 Å². The molecule has 0 saturated heterocycles. The van der Waals surface area contributed by atoms with Gasteiger partial charge in [-0.15, -0.1) is 0 Å². The molecule has 1 amide bonds. The second kappa shape index (κ2) is 8.38. The molecule has 0 fully saturated rings. The van der Waals surface area contributed by atoms with Crippen LogP contribution in [-0.4, -0.2) is 17.4 Å². The van der Waals surface area contributed by atoms with Crippen LogP contribution in [0.4, 0.5) is 0 Å². The van der Waals surface area contributed by atoms with Gasteiger partial charge < -0.3 is 14.2 Å². The minimum atomic E-state index is -0.395. The van der Waals surface area contributed by atoms with Crippen LogP contribution >= 0.6 is 0 Å². The van der Waals surface area contributed by atoms with Crippen LogP contribution in [0.15, 0.2) is 44.1 Å². The molecule has 0 bridgehead atoms. The van der Waals surface area contributed by atoms with Crippen LogP contribution in [0.25, 0.3) is 21.9 Å². The van der Waals surface area contributed by atoms with E-state index in [2.05, 4.69) is 10.3 Å². The molecular formula is C25H26N2O4. The minimum absolute atomic E-state index is 0.0947. The Hall–Kier alpha value is -3.41. The van der Waals surface area contributed by atoms with Crippen molar-refractivity contribution >= 4 is 27.8 Å². The van der Waals surface area contributed by atoms with Crippen LogP contribution in [0.2, 0.25) is 0 Å². The fraction of sp³-hybridized carbons (Fsp3) is 0.320. The Morgan fingerprint density at radius 1 is 0.968 bits per heavy atom. The van der Waals surface area contributed by atoms with Gasteiger partial charge >= 0.3 is 5.63 Å². The number of nitrogens with one attached hydrogen (secondary N) is 1. The van der Waals surface area contributed by atoms with Gasteiger partial charge in [-0.05, 0) is 63.4 Å². The lowest BCUT2D eigenvalue weighted by molar-refractivity contribution is -0.121. The number of amides is 1. The number of furan rings is 1. The van der Waals surface area contributed by atoms with E-state index in [4.69, 9.17) is 8.83 Å². The molecule has 0 saturated carbocycles. The van der Waals surface area contributed by atoms with Crippen molar-refractivity contribution in [2.75, 3.05) is 6.54 Å². The van der Waals surface area contributed by atoms with Crippen molar-refractivity contribution in [3.05, 3.63) is 74.6 Å². The number of hydrogen-bond acceptors (Lipinski definition) is 5. The number of aromatic nitrogens is 1. The summed E-state index contributed by atoms with van der Waals surface area (Å²) in [6, 6.07) is 7.74. The monoisotopic (exact) mass is 418 g/mol. The van der Waals surface area contributed by atoms with E-state index >= 15 is 0 Å². The van der Waals surface area contributed by atoms with E-state index in [1.165, 1.54) is 0 Å². The average Bonchev–Trinajstić information content (AvgIpc) is 3.04. The topological polar surface area (TPSA) is 85.3 Å². The number of aryl methyl sites for hydroxylation is 4. The quantitative estimate of drug-likeness (QED) is 0.467. The number of benzene rings is 1. The first kappa shape index (κ1) is 20.8. The molecular weight excluding hydrogens is 392 g/mol.